The van der Waals surface area contributed by atoms with Crippen LogP contribution in [0.4, 0.5) is 5.69 Å². The van der Waals surface area contributed by atoms with Gasteiger partial charge in [0, 0.05) is 17.3 Å². The number of carbonyl (C=O) groups excluding carboxylic acids is 1. The summed E-state index contributed by atoms with van der Waals surface area (Å²) in [7, 11) is 2.96. The average Bonchev–Trinajstić information content (AvgIpc) is 2.95. The standard InChI is InChI=1S/C17H17N3O3/c1-9-6-13-14(8-15(9)22-2)20-16(19-13)11-5-4-10(7-12(11)18)17(21)23-3/h4-8H,18H2,1-3H3,(H,19,20). The van der Waals surface area contributed by atoms with E-state index in [0.29, 0.717) is 17.1 Å². The second-order valence-electron chi connectivity index (χ2n) is 5.22. The van der Waals surface area contributed by atoms with Crippen molar-refractivity contribution in [2.24, 2.45) is 0 Å². The van der Waals surface area contributed by atoms with Crippen molar-refractivity contribution >= 4 is 22.7 Å². The van der Waals surface area contributed by atoms with Crippen LogP contribution < -0.4 is 10.5 Å². The number of nitrogens with one attached hydrogen (secondary N) is 1. The van der Waals surface area contributed by atoms with Gasteiger partial charge in [0.25, 0.3) is 0 Å². The van der Waals surface area contributed by atoms with E-state index in [9.17, 15) is 4.79 Å². The van der Waals surface area contributed by atoms with Crippen LogP contribution in [-0.2, 0) is 4.74 Å². The first-order valence-corrected chi connectivity index (χ1v) is 7.06. The molecule has 2 aromatic carbocycles. The molecule has 3 aromatic rings. The van der Waals surface area contributed by atoms with Crippen LogP contribution in [0.15, 0.2) is 30.3 Å². The van der Waals surface area contributed by atoms with Crippen molar-refractivity contribution in [2.45, 2.75) is 6.92 Å². The lowest BCUT2D eigenvalue weighted by atomic mass is 10.1. The van der Waals surface area contributed by atoms with Crippen molar-refractivity contribution < 1.29 is 14.3 Å². The van der Waals surface area contributed by atoms with Crippen molar-refractivity contribution in [3.8, 4) is 17.1 Å². The number of aromatic nitrogens is 2. The Kier molecular flexibility index (Phi) is 3.65. The summed E-state index contributed by atoms with van der Waals surface area (Å²) < 4.78 is 10.0. The first kappa shape index (κ1) is 14.9. The monoisotopic (exact) mass is 311 g/mol. The molecule has 3 N–H and O–H groups in total. The van der Waals surface area contributed by atoms with Gasteiger partial charge in [-0.25, -0.2) is 9.78 Å². The van der Waals surface area contributed by atoms with E-state index < -0.39 is 5.97 Å². The van der Waals surface area contributed by atoms with Crippen LogP contribution in [0.5, 0.6) is 5.75 Å². The number of hydrogen-bond donors (Lipinski definition) is 2. The summed E-state index contributed by atoms with van der Waals surface area (Å²) in [6.45, 7) is 1.97. The van der Waals surface area contributed by atoms with Crippen molar-refractivity contribution in [3.63, 3.8) is 0 Å². The van der Waals surface area contributed by atoms with Crippen LogP contribution in [0.1, 0.15) is 15.9 Å². The zero-order chi connectivity index (χ0) is 16.6. The van der Waals surface area contributed by atoms with E-state index in [2.05, 4.69) is 9.97 Å². The Hall–Kier alpha value is -3.02. The van der Waals surface area contributed by atoms with E-state index in [1.165, 1.54) is 7.11 Å². The number of benzene rings is 2. The van der Waals surface area contributed by atoms with Crippen molar-refractivity contribution in [3.05, 3.63) is 41.5 Å². The molecule has 0 bridgehead atoms. The molecule has 0 fully saturated rings. The van der Waals surface area contributed by atoms with Crippen LogP contribution in [0, 0.1) is 6.92 Å². The summed E-state index contributed by atoms with van der Waals surface area (Å²) in [4.78, 5) is 19.3. The Bertz CT molecular complexity index is 899. The van der Waals surface area contributed by atoms with Crippen LogP contribution in [-0.4, -0.2) is 30.2 Å². The van der Waals surface area contributed by atoms with Gasteiger partial charge in [0.1, 0.15) is 11.6 Å². The smallest absolute Gasteiger partial charge is 0.337 e. The first-order valence-electron chi connectivity index (χ1n) is 7.06. The number of methoxy groups -OCH3 is 2. The molecule has 0 spiro atoms. The molecule has 0 aliphatic rings. The van der Waals surface area contributed by atoms with Gasteiger partial charge in [0.15, 0.2) is 0 Å². The maximum absolute atomic E-state index is 11.5. The first-order chi connectivity index (χ1) is 11.0. The summed E-state index contributed by atoms with van der Waals surface area (Å²) >= 11 is 0. The van der Waals surface area contributed by atoms with E-state index in [1.807, 2.05) is 19.1 Å². The highest BCUT2D eigenvalue weighted by atomic mass is 16.5. The van der Waals surface area contributed by atoms with Gasteiger partial charge in [-0.1, -0.05) is 0 Å². The topological polar surface area (TPSA) is 90.2 Å². The van der Waals surface area contributed by atoms with Gasteiger partial charge in [0.2, 0.25) is 0 Å². The summed E-state index contributed by atoms with van der Waals surface area (Å²) in [6, 6.07) is 8.85. The molecule has 118 valence electrons. The Labute approximate surface area is 133 Å². The van der Waals surface area contributed by atoms with Crippen LogP contribution in [0.25, 0.3) is 22.4 Å². The average molecular weight is 311 g/mol. The number of aromatic amines is 1. The fraction of sp³-hybridized carbons (Fsp3) is 0.176. The Morgan fingerprint density at radius 1 is 1.22 bits per heavy atom. The number of esters is 1. The quantitative estimate of drug-likeness (QED) is 0.573. The lowest BCUT2D eigenvalue weighted by Gasteiger charge is -2.05. The van der Waals surface area contributed by atoms with Gasteiger partial charge in [-0.05, 0) is 36.8 Å². The third-order valence-electron chi connectivity index (χ3n) is 3.73. The number of rotatable bonds is 3. The van der Waals surface area contributed by atoms with Gasteiger partial charge in [-0.2, -0.15) is 0 Å². The number of aryl methyl sites for hydroxylation is 1. The zero-order valence-corrected chi connectivity index (χ0v) is 13.1. The third kappa shape index (κ3) is 2.59. The number of hydrogen-bond acceptors (Lipinski definition) is 5. The zero-order valence-electron chi connectivity index (χ0n) is 13.1. The molecule has 0 saturated heterocycles. The Morgan fingerprint density at radius 2 is 2.00 bits per heavy atom. The molecular weight excluding hydrogens is 294 g/mol. The molecule has 6 nitrogen and oxygen atoms in total. The highest BCUT2D eigenvalue weighted by molar-refractivity contribution is 5.93. The van der Waals surface area contributed by atoms with Crippen molar-refractivity contribution in [1.29, 1.82) is 0 Å². The lowest BCUT2D eigenvalue weighted by molar-refractivity contribution is 0.0601. The number of nitrogens with zero attached hydrogens (tertiary/aromatic N) is 1. The molecule has 1 heterocycles. The Balaban J connectivity index is 2.08. The van der Waals surface area contributed by atoms with Crippen LogP contribution >= 0.6 is 0 Å². The SMILES string of the molecule is COC(=O)c1ccc(-c2nc3cc(OC)c(C)cc3[nH]2)c(N)c1. The Morgan fingerprint density at radius 3 is 2.65 bits per heavy atom. The van der Waals surface area contributed by atoms with Crippen molar-refractivity contribution in [2.75, 3.05) is 20.0 Å². The molecular formula is C17H17N3O3. The predicted molar refractivity (Wildman–Crippen MR) is 88.6 cm³/mol. The number of fused-ring (bicyclic) bond motifs is 1. The molecule has 0 amide bonds. The van der Waals surface area contributed by atoms with Gasteiger partial charge in [-0.3, -0.25) is 0 Å². The predicted octanol–water partition coefficient (Wildman–Crippen LogP) is 2.92. The largest absolute Gasteiger partial charge is 0.496 e. The van der Waals surface area contributed by atoms with E-state index in [0.717, 1.165) is 27.9 Å². The normalized spacial score (nSPS) is 10.7. The molecule has 6 heteroatoms. The molecule has 0 atom stereocenters. The minimum absolute atomic E-state index is 0.405. The van der Waals surface area contributed by atoms with E-state index in [4.69, 9.17) is 15.2 Å². The summed E-state index contributed by atoms with van der Waals surface area (Å²) in [5.74, 6) is 0.999. The number of nitrogens with two attached hydrogens (primary N) is 1. The molecule has 3 rings (SSSR count). The summed E-state index contributed by atoms with van der Waals surface area (Å²) in [6.07, 6.45) is 0. The number of nitrogen functional groups attached to an aromatic ring is 1. The van der Waals surface area contributed by atoms with Gasteiger partial charge >= 0.3 is 5.97 Å². The highest BCUT2D eigenvalue weighted by Crippen LogP contribution is 2.29. The number of anilines is 1. The maximum atomic E-state index is 11.5. The van der Waals surface area contributed by atoms with Gasteiger partial charge in [-0.15, -0.1) is 0 Å². The maximum Gasteiger partial charge on any atom is 0.337 e. The molecule has 0 saturated carbocycles. The molecule has 0 radical (unpaired) electrons. The van der Waals surface area contributed by atoms with E-state index in [-0.39, 0.29) is 0 Å². The number of H-pyrrole nitrogens is 1. The molecule has 23 heavy (non-hydrogen) atoms. The second kappa shape index (κ2) is 5.64. The molecule has 0 aliphatic heterocycles. The molecule has 0 aliphatic carbocycles. The minimum atomic E-state index is -0.423. The summed E-state index contributed by atoms with van der Waals surface area (Å²) in [5.41, 5.74) is 10.4. The molecule has 1 aromatic heterocycles. The second-order valence-corrected chi connectivity index (χ2v) is 5.22. The fourth-order valence-electron chi connectivity index (χ4n) is 2.52. The fourth-order valence-corrected chi connectivity index (χ4v) is 2.52. The van der Waals surface area contributed by atoms with Crippen molar-refractivity contribution in [1.82, 2.24) is 9.97 Å². The molecule has 0 unspecified atom stereocenters. The number of ether oxygens (including phenoxy) is 2. The van der Waals surface area contributed by atoms with E-state index >= 15 is 0 Å². The lowest BCUT2D eigenvalue weighted by Crippen LogP contribution is -2.02. The third-order valence-corrected chi connectivity index (χ3v) is 3.73. The number of carbonyl (C=O) groups is 1. The van der Waals surface area contributed by atoms with Crippen LogP contribution in [0.2, 0.25) is 0 Å². The summed E-state index contributed by atoms with van der Waals surface area (Å²) in [5, 5.41) is 0. The minimum Gasteiger partial charge on any atom is -0.496 e. The number of imidazole rings is 1. The van der Waals surface area contributed by atoms with Gasteiger partial charge in [0.05, 0.1) is 30.8 Å². The highest BCUT2D eigenvalue weighted by Gasteiger charge is 2.13. The van der Waals surface area contributed by atoms with Crippen LogP contribution in [0.3, 0.4) is 0 Å². The van der Waals surface area contributed by atoms with E-state index in [1.54, 1.807) is 25.3 Å². The van der Waals surface area contributed by atoms with Gasteiger partial charge < -0.3 is 20.2 Å².